The highest BCUT2D eigenvalue weighted by Gasteiger charge is 2.27. The monoisotopic (exact) mass is 326 g/mol. The van der Waals surface area contributed by atoms with Crippen molar-refractivity contribution in [2.24, 2.45) is 0 Å². The fourth-order valence-corrected chi connectivity index (χ4v) is 2.93. The van der Waals surface area contributed by atoms with Gasteiger partial charge >= 0.3 is 0 Å². The van der Waals surface area contributed by atoms with E-state index in [1.807, 2.05) is 17.5 Å². The van der Waals surface area contributed by atoms with Gasteiger partial charge in [-0.3, -0.25) is 14.8 Å². The molecule has 0 spiro atoms. The van der Waals surface area contributed by atoms with Crippen LogP contribution in [0.5, 0.6) is 0 Å². The van der Waals surface area contributed by atoms with E-state index in [1.54, 1.807) is 36.4 Å². The van der Waals surface area contributed by atoms with Gasteiger partial charge in [0.1, 0.15) is 0 Å². The lowest BCUT2D eigenvalue weighted by Crippen LogP contribution is -2.20. The van der Waals surface area contributed by atoms with Crippen molar-refractivity contribution in [2.45, 2.75) is 6.92 Å². The molecule has 0 radical (unpaired) electrons. The number of hydrogen-bond donors (Lipinski definition) is 2. The Morgan fingerprint density at radius 3 is 2.61 bits per heavy atom. The SMILES string of the molecule is CC(=O)Nc1ccc(C2=C/C(=C\c3cccs3)C(=O)N2O)cc1. The quantitative estimate of drug-likeness (QED) is 0.671. The van der Waals surface area contributed by atoms with Crippen LogP contribution in [0.4, 0.5) is 5.69 Å². The van der Waals surface area contributed by atoms with E-state index < -0.39 is 5.91 Å². The van der Waals surface area contributed by atoms with Crippen molar-refractivity contribution in [1.82, 2.24) is 5.06 Å². The van der Waals surface area contributed by atoms with E-state index in [-0.39, 0.29) is 5.91 Å². The van der Waals surface area contributed by atoms with Crippen molar-refractivity contribution in [3.63, 3.8) is 0 Å². The molecule has 23 heavy (non-hydrogen) atoms. The van der Waals surface area contributed by atoms with Gasteiger partial charge in [-0.2, -0.15) is 5.06 Å². The average Bonchev–Trinajstić information content (AvgIpc) is 3.12. The van der Waals surface area contributed by atoms with Crippen LogP contribution in [0.15, 0.2) is 53.4 Å². The summed E-state index contributed by atoms with van der Waals surface area (Å²) in [6, 6.07) is 10.7. The van der Waals surface area contributed by atoms with E-state index in [9.17, 15) is 14.8 Å². The van der Waals surface area contributed by atoms with Crippen LogP contribution in [-0.4, -0.2) is 22.1 Å². The number of rotatable bonds is 3. The summed E-state index contributed by atoms with van der Waals surface area (Å²) in [5.74, 6) is -0.614. The lowest BCUT2D eigenvalue weighted by Gasteiger charge is -2.12. The second-order valence-corrected chi connectivity index (χ2v) is 6.00. The maximum atomic E-state index is 12.1. The van der Waals surface area contributed by atoms with Crippen molar-refractivity contribution >= 4 is 40.6 Å². The summed E-state index contributed by atoms with van der Waals surface area (Å²) in [6.07, 6.45) is 3.39. The molecule has 0 atom stereocenters. The molecule has 3 rings (SSSR count). The molecule has 1 aliphatic rings. The highest BCUT2D eigenvalue weighted by molar-refractivity contribution is 7.10. The van der Waals surface area contributed by atoms with Gasteiger partial charge in [0.2, 0.25) is 5.91 Å². The van der Waals surface area contributed by atoms with Gasteiger partial charge in [0.05, 0.1) is 5.70 Å². The molecule has 116 valence electrons. The van der Waals surface area contributed by atoms with Gasteiger partial charge in [0.25, 0.3) is 5.91 Å². The standard InChI is InChI=1S/C17H14N2O3S/c1-11(20)18-14-6-4-12(5-7-14)16-10-13(17(21)19(16)22)9-15-3-2-8-23-15/h2-10,22H,1H3,(H,18,20)/b13-9+. The third-order valence-corrected chi connectivity index (χ3v) is 4.12. The molecular formula is C17H14N2O3S. The average molecular weight is 326 g/mol. The first kappa shape index (κ1) is 15.2. The van der Waals surface area contributed by atoms with Gasteiger partial charge < -0.3 is 5.32 Å². The van der Waals surface area contributed by atoms with Gasteiger partial charge in [-0.15, -0.1) is 11.3 Å². The van der Waals surface area contributed by atoms with Crippen LogP contribution in [0.2, 0.25) is 0 Å². The molecule has 2 aromatic rings. The van der Waals surface area contributed by atoms with Crippen molar-refractivity contribution in [1.29, 1.82) is 0 Å². The van der Waals surface area contributed by atoms with E-state index in [0.29, 0.717) is 27.6 Å². The predicted molar refractivity (Wildman–Crippen MR) is 89.7 cm³/mol. The van der Waals surface area contributed by atoms with Crippen LogP contribution in [0.3, 0.4) is 0 Å². The molecule has 2 amide bonds. The van der Waals surface area contributed by atoms with E-state index in [4.69, 9.17) is 0 Å². The van der Waals surface area contributed by atoms with Crippen molar-refractivity contribution in [3.8, 4) is 0 Å². The number of hydrogen-bond acceptors (Lipinski definition) is 4. The Bertz CT molecular complexity index is 805. The number of hydroxylamine groups is 2. The van der Waals surface area contributed by atoms with Gasteiger partial charge in [-0.05, 0) is 35.7 Å². The van der Waals surface area contributed by atoms with Crippen molar-refractivity contribution in [3.05, 3.63) is 63.9 Å². The number of carbonyl (C=O) groups is 2. The first-order valence-electron chi connectivity index (χ1n) is 6.93. The lowest BCUT2D eigenvalue weighted by molar-refractivity contribution is -0.144. The smallest absolute Gasteiger partial charge is 0.282 e. The molecule has 2 heterocycles. The van der Waals surface area contributed by atoms with Gasteiger partial charge in [0.15, 0.2) is 0 Å². The Morgan fingerprint density at radius 2 is 2.00 bits per heavy atom. The molecule has 0 bridgehead atoms. The summed E-state index contributed by atoms with van der Waals surface area (Å²) in [7, 11) is 0. The molecular weight excluding hydrogens is 312 g/mol. The van der Waals surface area contributed by atoms with Crippen molar-refractivity contribution < 1.29 is 14.8 Å². The van der Waals surface area contributed by atoms with Gasteiger partial charge in [-0.1, -0.05) is 18.2 Å². The highest BCUT2D eigenvalue weighted by atomic mass is 32.1. The maximum absolute atomic E-state index is 12.1. The van der Waals surface area contributed by atoms with Crippen LogP contribution in [0.25, 0.3) is 11.8 Å². The minimum atomic E-state index is -0.459. The first-order valence-corrected chi connectivity index (χ1v) is 7.81. The van der Waals surface area contributed by atoms with Crippen molar-refractivity contribution in [2.75, 3.05) is 5.32 Å². The number of benzene rings is 1. The zero-order chi connectivity index (χ0) is 16.4. The fraction of sp³-hybridized carbons (Fsp3) is 0.0588. The molecule has 0 fully saturated rings. The molecule has 0 saturated heterocycles. The third-order valence-electron chi connectivity index (χ3n) is 3.30. The summed E-state index contributed by atoms with van der Waals surface area (Å²) in [5.41, 5.74) is 2.18. The molecule has 0 unspecified atom stereocenters. The number of anilines is 1. The van der Waals surface area contributed by atoms with Gasteiger partial charge in [-0.25, -0.2) is 0 Å². The van der Waals surface area contributed by atoms with Gasteiger partial charge in [0, 0.05) is 28.6 Å². The topological polar surface area (TPSA) is 69.6 Å². The van der Waals surface area contributed by atoms with E-state index in [2.05, 4.69) is 5.32 Å². The summed E-state index contributed by atoms with van der Waals surface area (Å²) < 4.78 is 0. The minimum absolute atomic E-state index is 0.155. The van der Waals surface area contributed by atoms with E-state index in [0.717, 1.165) is 4.88 Å². The lowest BCUT2D eigenvalue weighted by atomic mass is 10.1. The normalized spacial score (nSPS) is 15.9. The fourth-order valence-electron chi connectivity index (χ4n) is 2.27. The number of amides is 2. The maximum Gasteiger partial charge on any atom is 0.282 e. The summed E-state index contributed by atoms with van der Waals surface area (Å²) >= 11 is 1.52. The zero-order valence-corrected chi connectivity index (χ0v) is 13.1. The number of thiophene rings is 1. The number of nitrogens with zero attached hydrogens (tertiary/aromatic N) is 1. The summed E-state index contributed by atoms with van der Waals surface area (Å²) in [5, 5.41) is 15.3. The Morgan fingerprint density at radius 1 is 1.26 bits per heavy atom. The van der Waals surface area contributed by atoms with Crippen LogP contribution in [0.1, 0.15) is 17.4 Å². The Labute approximate surface area is 137 Å². The molecule has 2 N–H and O–H groups in total. The molecule has 5 nitrogen and oxygen atoms in total. The molecule has 0 aliphatic carbocycles. The second kappa shape index (κ2) is 6.20. The number of carbonyl (C=O) groups excluding carboxylic acids is 2. The van der Waals surface area contributed by atoms with Crippen LogP contribution < -0.4 is 5.32 Å². The Kier molecular flexibility index (Phi) is 4.10. The second-order valence-electron chi connectivity index (χ2n) is 5.02. The molecule has 1 aromatic carbocycles. The number of nitrogens with one attached hydrogen (secondary N) is 1. The zero-order valence-electron chi connectivity index (χ0n) is 12.3. The van der Waals surface area contributed by atoms with Crippen LogP contribution >= 0.6 is 11.3 Å². The molecule has 1 aromatic heterocycles. The first-order chi connectivity index (χ1) is 11.0. The largest absolute Gasteiger partial charge is 0.326 e. The minimum Gasteiger partial charge on any atom is -0.326 e. The molecule has 0 saturated carbocycles. The van der Waals surface area contributed by atoms with E-state index >= 15 is 0 Å². The predicted octanol–water partition coefficient (Wildman–Crippen LogP) is 3.36. The molecule has 1 aliphatic heterocycles. The Hall–Kier alpha value is -2.70. The Balaban J connectivity index is 1.89. The highest BCUT2D eigenvalue weighted by Crippen LogP contribution is 2.30. The van der Waals surface area contributed by atoms with Crippen LogP contribution in [-0.2, 0) is 9.59 Å². The van der Waals surface area contributed by atoms with E-state index in [1.165, 1.54) is 18.3 Å². The molecule has 6 heteroatoms. The summed E-state index contributed by atoms with van der Waals surface area (Å²) in [4.78, 5) is 24.1. The third kappa shape index (κ3) is 3.23. The van der Waals surface area contributed by atoms with Crippen LogP contribution in [0, 0.1) is 0 Å². The summed E-state index contributed by atoms with van der Waals surface area (Å²) in [6.45, 7) is 1.43.